The van der Waals surface area contributed by atoms with Crippen LogP contribution in [-0.4, -0.2) is 23.1 Å². The van der Waals surface area contributed by atoms with Crippen LogP contribution in [0.1, 0.15) is 31.7 Å². The second kappa shape index (κ2) is 8.26. The minimum absolute atomic E-state index is 0.00621. The molecule has 5 heteroatoms. The van der Waals surface area contributed by atoms with Crippen LogP contribution in [0.3, 0.4) is 0 Å². The summed E-state index contributed by atoms with van der Waals surface area (Å²) in [6.07, 6.45) is 1.83. The molecule has 1 aromatic carbocycles. The van der Waals surface area contributed by atoms with E-state index in [1.165, 1.54) is 11.0 Å². The molecule has 0 radical (unpaired) electrons. The van der Waals surface area contributed by atoms with Gasteiger partial charge in [-0.1, -0.05) is 30.3 Å². The van der Waals surface area contributed by atoms with Gasteiger partial charge in [0.25, 0.3) is 0 Å². The van der Waals surface area contributed by atoms with Crippen molar-refractivity contribution < 1.29 is 14.8 Å². The Kier molecular flexibility index (Phi) is 6.60. The van der Waals surface area contributed by atoms with Gasteiger partial charge in [0.15, 0.2) is 0 Å². The lowest BCUT2D eigenvalue weighted by Gasteiger charge is -2.13. The quantitative estimate of drug-likeness (QED) is 0.514. The van der Waals surface area contributed by atoms with Crippen LogP contribution in [0.4, 0.5) is 0 Å². The Labute approximate surface area is 113 Å². The van der Waals surface area contributed by atoms with Gasteiger partial charge in [-0.15, -0.1) is 0 Å². The first-order valence-electron chi connectivity index (χ1n) is 6.38. The predicted octanol–water partition coefficient (Wildman–Crippen LogP) is 1.41. The summed E-state index contributed by atoms with van der Waals surface area (Å²) in [5.74, 6) is -0.726. The molecule has 0 aliphatic rings. The first-order valence-corrected chi connectivity index (χ1v) is 6.38. The van der Waals surface area contributed by atoms with E-state index in [-0.39, 0.29) is 24.8 Å². The average Bonchev–Trinajstić information content (AvgIpc) is 2.43. The number of hydrogen-bond acceptors (Lipinski definition) is 3. The fraction of sp³-hybridized carbons (Fsp3) is 0.429. The summed E-state index contributed by atoms with van der Waals surface area (Å²) in [4.78, 5) is 22.3. The highest BCUT2D eigenvalue weighted by molar-refractivity contribution is 5.83. The van der Waals surface area contributed by atoms with Crippen LogP contribution in [0, 0.1) is 0 Å². The van der Waals surface area contributed by atoms with Crippen LogP contribution >= 0.6 is 0 Å². The Balaban J connectivity index is 2.21. The second-order valence-corrected chi connectivity index (χ2v) is 4.53. The Morgan fingerprint density at radius 2 is 1.79 bits per heavy atom. The van der Waals surface area contributed by atoms with Crippen LogP contribution in [0.2, 0.25) is 0 Å². The number of benzene rings is 1. The number of hydrogen-bond donors (Lipinski definition) is 3. The molecule has 5 nitrogen and oxygen atoms in total. The molecule has 0 saturated carbocycles. The standard InChI is InChI=1S/C14H20N2O3/c1-11(7-8-12-5-3-2-4-6-12)15-13(17)9-10-14(18)16-19/h2-6,11,19H,7-10H2,1H3,(H,15,17)(H,16,18). The number of nitrogens with one attached hydrogen (secondary N) is 2. The normalized spacial score (nSPS) is 11.7. The number of carbonyl (C=O) groups excluding carboxylic acids is 2. The number of amides is 2. The van der Waals surface area contributed by atoms with Gasteiger partial charge in [0, 0.05) is 18.9 Å². The third-order valence-electron chi connectivity index (χ3n) is 2.82. The van der Waals surface area contributed by atoms with E-state index in [1.807, 2.05) is 25.1 Å². The van der Waals surface area contributed by atoms with Crippen molar-refractivity contribution in [2.24, 2.45) is 0 Å². The zero-order valence-electron chi connectivity index (χ0n) is 11.1. The lowest BCUT2D eigenvalue weighted by molar-refractivity contribution is -0.132. The summed E-state index contributed by atoms with van der Waals surface area (Å²) in [5, 5.41) is 11.1. The van der Waals surface area contributed by atoms with E-state index < -0.39 is 5.91 Å². The molecular formula is C14H20N2O3. The van der Waals surface area contributed by atoms with Crippen LogP contribution in [-0.2, 0) is 16.0 Å². The van der Waals surface area contributed by atoms with Crippen LogP contribution < -0.4 is 10.8 Å². The van der Waals surface area contributed by atoms with Gasteiger partial charge < -0.3 is 5.32 Å². The molecule has 1 atom stereocenters. The Bertz CT molecular complexity index is 406. The number of rotatable bonds is 7. The first kappa shape index (κ1) is 15.2. The van der Waals surface area contributed by atoms with Crippen molar-refractivity contribution in [3.05, 3.63) is 35.9 Å². The highest BCUT2D eigenvalue weighted by Gasteiger charge is 2.09. The molecule has 1 aromatic rings. The highest BCUT2D eigenvalue weighted by Crippen LogP contribution is 2.05. The summed E-state index contributed by atoms with van der Waals surface area (Å²) in [5.41, 5.74) is 2.74. The van der Waals surface area contributed by atoms with Crippen molar-refractivity contribution in [3.63, 3.8) is 0 Å². The minimum Gasteiger partial charge on any atom is -0.354 e. The van der Waals surface area contributed by atoms with Crippen molar-refractivity contribution in [1.29, 1.82) is 0 Å². The maximum absolute atomic E-state index is 11.5. The van der Waals surface area contributed by atoms with E-state index in [1.54, 1.807) is 0 Å². The van der Waals surface area contributed by atoms with Gasteiger partial charge in [0.2, 0.25) is 11.8 Å². The van der Waals surface area contributed by atoms with Gasteiger partial charge in [0.1, 0.15) is 0 Å². The summed E-state index contributed by atoms with van der Waals surface area (Å²) < 4.78 is 0. The molecule has 2 amide bonds. The zero-order valence-corrected chi connectivity index (χ0v) is 11.1. The van der Waals surface area contributed by atoms with Crippen molar-refractivity contribution >= 4 is 11.8 Å². The predicted molar refractivity (Wildman–Crippen MR) is 71.5 cm³/mol. The van der Waals surface area contributed by atoms with Crippen LogP contribution in [0.25, 0.3) is 0 Å². The van der Waals surface area contributed by atoms with E-state index >= 15 is 0 Å². The molecule has 1 unspecified atom stereocenters. The maximum atomic E-state index is 11.5. The molecule has 19 heavy (non-hydrogen) atoms. The summed E-state index contributed by atoms with van der Waals surface area (Å²) >= 11 is 0. The van der Waals surface area contributed by atoms with Crippen molar-refractivity contribution in [1.82, 2.24) is 10.8 Å². The molecule has 0 aliphatic heterocycles. The molecule has 104 valence electrons. The van der Waals surface area contributed by atoms with Crippen LogP contribution in [0.5, 0.6) is 0 Å². The number of hydroxylamine groups is 1. The van der Waals surface area contributed by atoms with E-state index in [2.05, 4.69) is 17.4 Å². The van der Waals surface area contributed by atoms with E-state index in [0.717, 1.165) is 12.8 Å². The largest absolute Gasteiger partial charge is 0.354 e. The molecule has 0 heterocycles. The molecule has 0 bridgehead atoms. The van der Waals surface area contributed by atoms with Gasteiger partial charge in [-0.2, -0.15) is 0 Å². The van der Waals surface area contributed by atoms with Crippen molar-refractivity contribution in [3.8, 4) is 0 Å². The lowest BCUT2D eigenvalue weighted by atomic mass is 10.1. The van der Waals surface area contributed by atoms with Gasteiger partial charge in [-0.25, -0.2) is 5.48 Å². The van der Waals surface area contributed by atoms with Gasteiger partial charge in [-0.05, 0) is 25.3 Å². The summed E-state index contributed by atoms with van der Waals surface area (Å²) in [6.45, 7) is 1.94. The summed E-state index contributed by atoms with van der Waals surface area (Å²) in [6, 6.07) is 10.1. The van der Waals surface area contributed by atoms with Gasteiger partial charge in [0.05, 0.1) is 0 Å². The lowest BCUT2D eigenvalue weighted by Crippen LogP contribution is -2.33. The minimum atomic E-state index is -0.549. The average molecular weight is 264 g/mol. The monoisotopic (exact) mass is 264 g/mol. The smallest absolute Gasteiger partial charge is 0.243 e. The topological polar surface area (TPSA) is 78.4 Å². The van der Waals surface area contributed by atoms with E-state index in [0.29, 0.717) is 0 Å². The number of carbonyl (C=O) groups is 2. The zero-order chi connectivity index (χ0) is 14.1. The molecule has 0 saturated heterocycles. The highest BCUT2D eigenvalue weighted by atomic mass is 16.5. The molecular weight excluding hydrogens is 244 g/mol. The van der Waals surface area contributed by atoms with E-state index in [4.69, 9.17) is 5.21 Å². The summed E-state index contributed by atoms with van der Waals surface area (Å²) in [7, 11) is 0. The third-order valence-corrected chi connectivity index (χ3v) is 2.82. The van der Waals surface area contributed by atoms with E-state index in [9.17, 15) is 9.59 Å². The van der Waals surface area contributed by atoms with Crippen molar-refractivity contribution in [2.75, 3.05) is 0 Å². The Hall–Kier alpha value is -1.88. The molecule has 0 aliphatic carbocycles. The first-order chi connectivity index (χ1) is 9.11. The molecule has 3 N–H and O–H groups in total. The number of aryl methyl sites for hydroxylation is 1. The molecule has 0 aromatic heterocycles. The second-order valence-electron chi connectivity index (χ2n) is 4.53. The maximum Gasteiger partial charge on any atom is 0.243 e. The Morgan fingerprint density at radius 3 is 2.42 bits per heavy atom. The van der Waals surface area contributed by atoms with Crippen LogP contribution in [0.15, 0.2) is 30.3 Å². The van der Waals surface area contributed by atoms with Gasteiger partial charge in [-0.3, -0.25) is 14.8 Å². The fourth-order valence-electron chi connectivity index (χ4n) is 1.73. The Morgan fingerprint density at radius 1 is 1.16 bits per heavy atom. The van der Waals surface area contributed by atoms with Gasteiger partial charge >= 0.3 is 0 Å². The third kappa shape index (κ3) is 6.57. The fourth-order valence-corrected chi connectivity index (χ4v) is 1.73. The molecule has 0 fully saturated rings. The molecule has 0 spiro atoms. The van der Waals surface area contributed by atoms with Crippen molar-refractivity contribution in [2.45, 2.75) is 38.6 Å². The molecule has 1 rings (SSSR count). The SMILES string of the molecule is CC(CCc1ccccc1)NC(=O)CCC(=O)NO.